The van der Waals surface area contributed by atoms with Gasteiger partial charge in [0, 0.05) is 12.3 Å². The highest BCUT2D eigenvalue weighted by Crippen LogP contribution is 2.39. The molecule has 0 spiro atoms. The van der Waals surface area contributed by atoms with Crippen LogP contribution in [-0.4, -0.2) is 14.2 Å². The molecule has 2 atom stereocenters. The van der Waals surface area contributed by atoms with Crippen LogP contribution in [0.4, 0.5) is 4.39 Å². The zero-order valence-corrected chi connectivity index (χ0v) is 13.5. The predicted octanol–water partition coefficient (Wildman–Crippen LogP) is 4.15. The largest absolute Gasteiger partial charge is 0.493 e. The average Bonchev–Trinajstić information content (AvgIpc) is 2.61. The van der Waals surface area contributed by atoms with Gasteiger partial charge in [0.2, 0.25) is 0 Å². The third kappa shape index (κ3) is 3.64. The molecule has 0 aliphatic heterocycles. The van der Waals surface area contributed by atoms with Crippen molar-refractivity contribution < 1.29 is 13.9 Å². The van der Waals surface area contributed by atoms with Crippen LogP contribution in [0.3, 0.4) is 0 Å². The Balaban J connectivity index is 2.48. The van der Waals surface area contributed by atoms with Crippen LogP contribution in [0.15, 0.2) is 42.5 Å². The lowest BCUT2D eigenvalue weighted by atomic mass is 9.80. The van der Waals surface area contributed by atoms with Gasteiger partial charge in [0.1, 0.15) is 5.82 Å². The van der Waals surface area contributed by atoms with Crippen molar-refractivity contribution in [2.45, 2.75) is 18.3 Å². The van der Waals surface area contributed by atoms with E-state index >= 15 is 0 Å². The Hall–Kier alpha value is -3.05. The van der Waals surface area contributed by atoms with Crippen molar-refractivity contribution in [2.75, 3.05) is 14.2 Å². The highest BCUT2D eigenvalue weighted by Gasteiger charge is 2.26. The molecule has 2 rings (SSSR count). The molecule has 0 saturated heterocycles. The number of rotatable bonds is 6. The van der Waals surface area contributed by atoms with Crippen molar-refractivity contribution in [1.82, 2.24) is 0 Å². The summed E-state index contributed by atoms with van der Waals surface area (Å²) in [7, 11) is 3.06. The monoisotopic (exact) mass is 324 g/mol. The van der Waals surface area contributed by atoms with Gasteiger partial charge in [-0.15, -0.1) is 0 Å². The summed E-state index contributed by atoms with van der Waals surface area (Å²) < 4.78 is 24.0. The summed E-state index contributed by atoms with van der Waals surface area (Å²) in [6, 6.07) is 15.5. The topological polar surface area (TPSA) is 66.0 Å². The molecule has 0 amide bonds. The molecular weight excluding hydrogens is 307 g/mol. The second-order valence-corrected chi connectivity index (χ2v) is 5.24. The van der Waals surface area contributed by atoms with E-state index in [-0.39, 0.29) is 6.42 Å². The minimum Gasteiger partial charge on any atom is -0.493 e. The smallest absolute Gasteiger partial charge is 0.160 e. The zero-order valence-electron chi connectivity index (χ0n) is 13.5. The number of methoxy groups -OCH3 is 2. The maximum absolute atomic E-state index is 13.5. The number of halogens is 1. The average molecular weight is 324 g/mol. The van der Waals surface area contributed by atoms with Crippen molar-refractivity contribution in [3.63, 3.8) is 0 Å². The van der Waals surface area contributed by atoms with Crippen molar-refractivity contribution in [3.8, 4) is 23.6 Å². The number of ether oxygens (including phenoxy) is 2. The Morgan fingerprint density at radius 1 is 1.00 bits per heavy atom. The molecule has 122 valence electrons. The second kappa shape index (κ2) is 7.99. The molecule has 24 heavy (non-hydrogen) atoms. The highest BCUT2D eigenvalue weighted by molar-refractivity contribution is 5.45. The van der Waals surface area contributed by atoms with Crippen LogP contribution in [0.1, 0.15) is 29.4 Å². The molecule has 0 aromatic heterocycles. The van der Waals surface area contributed by atoms with Gasteiger partial charge in [-0.05, 0) is 35.4 Å². The maximum Gasteiger partial charge on any atom is 0.160 e. The first kappa shape index (κ1) is 17.3. The predicted molar refractivity (Wildman–Crippen MR) is 87.3 cm³/mol. The van der Waals surface area contributed by atoms with E-state index in [1.807, 2.05) is 0 Å². The van der Waals surface area contributed by atoms with Gasteiger partial charge in [-0.3, -0.25) is 0 Å². The Morgan fingerprint density at radius 2 is 1.75 bits per heavy atom. The van der Waals surface area contributed by atoms with Gasteiger partial charge >= 0.3 is 0 Å². The van der Waals surface area contributed by atoms with E-state index in [0.717, 1.165) is 5.56 Å². The van der Waals surface area contributed by atoms with Crippen LogP contribution in [0, 0.1) is 28.5 Å². The lowest BCUT2D eigenvalue weighted by Gasteiger charge is -2.21. The number of nitrogens with zero attached hydrogens (tertiary/aromatic N) is 2. The van der Waals surface area contributed by atoms with Gasteiger partial charge in [0.15, 0.2) is 11.5 Å². The molecule has 4 nitrogen and oxygen atoms in total. The molecule has 0 radical (unpaired) electrons. The molecular formula is C19H17FN2O2. The molecule has 0 fully saturated rings. The molecule has 2 unspecified atom stereocenters. The standard InChI is InChI=1S/C19H17FN2O2/c1-23-18-7-6-14(11-19(18)24-2)16(8-9-21)17(12-22)13-4-3-5-15(20)10-13/h3-7,10-11,16-17H,8H2,1-2H3. The van der Waals surface area contributed by atoms with Gasteiger partial charge in [0.25, 0.3) is 0 Å². The van der Waals surface area contributed by atoms with E-state index in [0.29, 0.717) is 17.1 Å². The highest BCUT2D eigenvalue weighted by atomic mass is 19.1. The molecule has 2 aromatic rings. The quantitative estimate of drug-likeness (QED) is 0.800. The summed E-state index contributed by atoms with van der Waals surface area (Å²) in [6.45, 7) is 0. The number of hydrogen-bond acceptors (Lipinski definition) is 4. The zero-order chi connectivity index (χ0) is 17.5. The fraction of sp³-hybridized carbons (Fsp3) is 0.263. The fourth-order valence-electron chi connectivity index (χ4n) is 2.71. The van der Waals surface area contributed by atoms with E-state index in [9.17, 15) is 14.9 Å². The van der Waals surface area contributed by atoms with E-state index < -0.39 is 17.7 Å². The van der Waals surface area contributed by atoms with Gasteiger partial charge in [-0.1, -0.05) is 18.2 Å². The summed E-state index contributed by atoms with van der Waals surface area (Å²) in [5, 5.41) is 18.8. The maximum atomic E-state index is 13.5. The summed E-state index contributed by atoms with van der Waals surface area (Å²) in [6.07, 6.45) is 0.129. The minimum atomic E-state index is -0.640. The summed E-state index contributed by atoms with van der Waals surface area (Å²) in [5.74, 6) is -0.360. The Morgan fingerprint density at radius 3 is 2.33 bits per heavy atom. The summed E-state index contributed by atoms with van der Waals surface area (Å²) >= 11 is 0. The molecule has 5 heteroatoms. The second-order valence-electron chi connectivity index (χ2n) is 5.24. The summed E-state index contributed by atoms with van der Waals surface area (Å²) in [4.78, 5) is 0. The van der Waals surface area contributed by atoms with Gasteiger partial charge in [-0.25, -0.2) is 4.39 Å². The fourth-order valence-corrected chi connectivity index (χ4v) is 2.71. The molecule has 0 N–H and O–H groups in total. The van der Waals surface area contributed by atoms with E-state index in [1.54, 1.807) is 30.3 Å². The van der Waals surface area contributed by atoms with Crippen LogP contribution in [0.5, 0.6) is 11.5 Å². The molecule has 0 heterocycles. The Labute approximate surface area is 140 Å². The van der Waals surface area contributed by atoms with E-state index in [1.165, 1.54) is 26.4 Å². The lowest BCUT2D eigenvalue weighted by Crippen LogP contribution is -2.10. The first-order valence-electron chi connectivity index (χ1n) is 7.38. The Bertz CT molecular complexity index is 793. The van der Waals surface area contributed by atoms with Gasteiger partial charge < -0.3 is 9.47 Å². The van der Waals surface area contributed by atoms with E-state index in [4.69, 9.17) is 9.47 Å². The van der Waals surface area contributed by atoms with Crippen molar-refractivity contribution in [2.24, 2.45) is 0 Å². The van der Waals surface area contributed by atoms with Crippen LogP contribution >= 0.6 is 0 Å². The molecule has 0 aliphatic carbocycles. The minimum absolute atomic E-state index is 0.129. The number of nitriles is 2. The van der Waals surface area contributed by atoms with Crippen molar-refractivity contribution in [1.29, 1.82) is 10.5 Å². The Kier molecular flexibility index (Phi) is 5.76. The molecule has 0 bridgehead atoms. The first-order valence-corrected chi connectivity index (χ1v) is 7.38. The third-order valence-electron chi connectivity index (χ3n) is 3.90. The molecule has 2 aromatic carbocycles. The molecule has 0 saturated carbocycles. The third-order valence-corrected chi connectivity index (χ3v) is 3.90. The van der Waals surface area contributed by atoms with Crippen LogP contribution in [0.25, 0.3) is 0 Å². The van der Waals surface area contributed by atoms with Gasteiger partial charge in [-0.2, -0.15) is 10.5 Å². The number of benzene rings is 2. The first-order chi connectivity index (χ1) is 11.6. The van der Waals surface area contributed by atoms with Gasteiger partial charge in [0.05, 0.1) is 32.3 Å². The molecule has 0 aliphatic rings. The van der Waals surface area contributed by atoms with Crippen LogP contribution in [-0.2, 0) is 0 Å². The van der Waals surface area contributed by atoms with Crippen LogP contribution < -0.4 is 9.47 Å². The van der Waals surface area contributed by atoms with Crippen molar-refractivity contribution >= 4 is 0 Å². The van der Waals surface area contributed by atoms with Crippen molar-refractivity contribution in [3.05, 3.63) is 59.4 Å². The normalized spacial score (nSPS) is 12.5. The van der Waals surface area contributed by atoms with Crippen LogP contribution in [0.2, 0.25) is 0 Å². The van der Waals surface area contributed by atoms with E-state index in [2.05, 4.69) is 12.1 Å². The SMILES string of the molecule is COc1ccc(C(CC#N)C(C#N)c2cccc(F)c2)cc1OC. The number of hydrogen-bond donors (Lipinski definition) is 0. The summed E-state index contributed by atoms with van der Waals surface area (Å²) in [5.41, 5.74) is 1.32. The lowest BCUT2D eigenvalue weighted by molar-refractivity contribution is 0.354.